The molecule has 0 fully saturated rings. The van der Waals surface area contributed by atoms with Crippen LogP contribution in [0.5, 0.6) is 0 Å². The van der Waals surface area contributed by atoms with Gasteiger partial charge in [0.25, 0.3) is 0 Å². The molecule has 0 saturated heterocycles. The van der Waals surface area contributed by atoms with Crippen molar-refractivity contribution in [3.05, 3.63) is 35.4 Å². The van der Waals surface area contributed by atoms with E-state index in [-0.39, 0.29) is 5.84 Å². The molecule has 0 heterocycles. The molecule has 1 atom stereocenters. The third-order valence-corrected chi connectivity index (χ3v) is 3.22. The van der Waals surface area contributed by atoms with Crippen LogP contribution in [0.1, 0.15) is 44.7 Å². The van der Waals surface area contributed by atoms with Crippen LogP contribution >= 0.6 is 0 Å². The first-order valence-corrected chi connectivity index (χ1v) is 6.83. The first-order chi connectivity index (χ1) is 9.04. The van der Waals surface area contributed by atoms with E-state index >= 15 is 0 Å². The van der Waals surface area contributed by atoms with Crippen LogP contribution in [0.3, 0.4) is 0 Å². The van der Waals surface area contributed by atoms with Gasteiger partial charge in [-0.15, -0.1) is 0 Å². The van der Waals surface area contributed by atoms with Crippen molar-refractivity contribution in [1.29, 1.82) is 0 Å². The highest BCUT2D eigenvalue weighted by atomic mass is 16.4. The highest BCUT2D eigenvalue weighted by molar-refractivity contribution is 5.98. The Hall–Kier alpha value is -1.55. The topological polar surface area (TPSA) is 70.6 Å². The van der Waals surface area contributed by atoms with Crippen molar-refractivity contribution in [2.45, 2.75) is 46.2 Å². The molecule has 0 amide bonds. The van der Waals surface area contributed by atoms with Gasteiger partial charge in [-0.1, -0.05) is 43.3 Å². The second-order valence-electron chi connectivity index (χ2n) is 5.40. The second-order valence-corrected chi connectivity index (χ2v) is 5.40. The van der Waals surface area contributed by atoms with Gasteiger partial charge in [0.15, 0.2) is 5.84 Å². The summed E-state index contributed by atoms with van der Waals surface area (Å²) in [7, 11) is 0. The first-order valence-electron chi connectivity index (χ1n) is 6.83. The molecular weight excluding hydrogens is 238 g/mol. The van der Waals surface area contributed by atoms with E-state index in [4.69, 9.17) is 10.9 Å². The van der Waals surface area contributed by atoms with E-state index < -0.39 is 0 Å². The molecular formula is C15H25N3O. The minimum absolute atomic E-state index is 0.159. The Balaban J connectivity index is 2.58. The second kappa shape index (κ2) is 7.79. The summed E-state index contributed by atoms with van der Waals surface area (Å²) in [6.07, 6.45) is 2.37. The SMILES string of the molecule is CC(C)CCC(C)NCc1ccccc1C(N)=NO. The molecule has 106 valence electrons. The lowest BCUT2D eigenvalue weighted by Crippen LogP contribution is -2.27. The summed E-state index contributed by atoms with van der Waals surface area (Å²) in [4.78, 5) is 0. The van der Waals surface area contributed by atoms with E-state index in [0.717, 1.165) is 30.0 Å². The number of nitrogens with one attached hydrogen (secondary N) is 1. The van der Waals surface area contributed by atoms with Gasteiger partial charge < -0.3 is 16.3 Å². The summed E-state index contributed by atoms with van der Waals surface area (Å²) in [5.41, 5.74) is 7.51. The fraction of sp³-hybridized carbons (Fsp3) is 0.533. The van der Waals surface area contributed by atoms with Gasteiger partial charge in [-0.2, -0.15) is 0 Å². The number of nitrogens with zero attached hydrogens (tertiary/aromatic N) is 1. The highest BCUT2D eigenvalue weighted by Gasteiger charge is 2.08. The average molecular weight is 263 g/mol. The molecule has 0 bridgehead atoms. The van der Waals surface area contributed by atoms with E-state index in [9.17, 15) is 0 Å². The maximum atomic E-state index is 8.78. The van der Waals surface area contributed by atoms with E-state index in [1.807, 2.05) is 24.3 Å². The molecule has 0 aliphatic heterocycles. The predicted molar refractivity (Wildman–Crippen MR) is 79.3 cm³/mol. The zero-order chi connectivity index (χ0) is 14.3. The fourth-order valence-electron chi connectivity index (χ4n) is 1.95. The van der Waals surface area contributed by atoms with E-state index in [1.54, 1.807) is 0 Å². The zero-order valence-electron chi connectivity index (χ0n) is 12.1. The third-order valence-electron chi connectivity index (χ3n) is 3.22. The molecule has 0 spiro atoms. The summed E-state index contributed by atoms with van der Waals surface area (Å²) >= 11 is 0. The number of hydrogen-bond donors (Lipinski definition) is 3. The first kappa shape index (κ1) is 15.5. The molecule has 4 nitrogen and oxygen atoms in total. The van der Waals surface area contributed by atoms with Gasteiger partial charge in [-0.3, -0.25) is 0 Å². The fourth-order valence-corrected chi connectivity index (χ4v) is 1.95. The molecule has 4 N–H and O–H groups in total. The molecule has 19 heavy (non-hydrogen) atoms. The van der Waals surface area contributed by atoms with E-state index in [1.165, 1.54) is 6.42 Å². The smallest absolute Gasteiger partial charge is 0.170 e. The number of benzene rings is 1. The van der Waals surface area contributed by atoms with Gasteiger partial charge in [0.05, 0.1) is 0 Å². The Morgan fingerprint density at radius 3 is 2.58 bits per heavy atom. The maximum absolute atomic E-state index is 8.78. The summed E-state index contributed by atoms with van der Waals surface area (Å²) in [6.45, 7) is 7.39. The molecule has 1 aromatic rings. The normalized spacial score (nSPS) is 13.8. The lowest BCUT2D eigenvalue weighted by molar-refractivity contribution is 0.318. The standard InChI is InChI=1S/C15H25N3O/c1-11(2)8-9-12(3)17-10-13-6-4-5-7-14(13)15(16)18-19/h4-7,11-12,17,19H,8-10H2,1-3H3,(H2,16,18). The van der Waals surface area contributed by atoms with Crippen molar-refractivity contribution in [3.8, 4) is 0 Å². The minimum Gasteiger partial charge on any atom is -0.409 e. The number of oxime groups is 1. The van der Waals surface area contributed by atoms with Crippen LogP contribution in [-0.2, 0) is 6.54 Å². The average Bonchev–Trinajstić information content (AvgIpc) is 2.42. The number of rotatable bonds is 7. The minimum atomic E-state index is 0.159. The van der Waals surface area contributed by atoms with Crippen molar-refractivity contribution in [3.63, 3.8) is 0 Å². The zero-order valence-corrected chi connectivity index (χ0v) is 12.1. The Kier molecular flexibility index (Phi) is 6.36. The van der Waals surface area contributed by atoms with Crippen molar-refractivity contribution < 1.29 is 5.21 Å². The Morgan fingerprint density at radius 2 is 1.95 bits per heavy atom. The van der Waals surface area contributed by atoms with Crippen LogP contribution < -0.4 is 11.1 Å². The molecule has 4 heteroatoms. The van der Waals surface area contributed by atoms with Crippen LogP contribution in [0.2, 0.25) is 0 Å². The Morgan fingerprint density at radius 1 is 1.26 bits per heavy atom. The molecule has 1 unspecified atom stereocenters. The van der Waals surface area contributed by atoms with Crippen LogP contribution in [0, 0.1) is 5.92 Å². The summed E-state index contributed by atoms with van der Waals surface area (Å²) in [5, 5.41) is 15.3. The van der Waals surface area contributed by atoms with Crippen LogP contribution in [0.4, 0.5) is 0 Å². The van der Waals surface area contributed by atoms with Gasteiger partial charge in [0.2, 0.25) is 0 Å². The van der Waals surface area contributed by atoms with E-state index in [2.05, 4.69) is 31.2 Å². The highest BCUT2D eigenvalue weighted by Crippen LogP contribution is 2.10. The van der Waals surface area contributed by atoms with Gasteiger partial charge in [0.1, 0.15) is 0 Å². The molecule has 1 rings (SSSR count). The number of hydrogen-bond acceptors (Lipinski definition) is 3. The summed E-state index contributed by atoms with van der Waals surface area (Å²) in [5.74, 6) is 0.890. The molecule has 0 aliphatic carbocycles. The molecule has 1 aromatic carbocycles. The van der Waals surface area contributed by atoms with Crippen LogP contribution in [-0.4, -0.2) is 17.1 Å². The molecule has 0 aromatic heterocycles. The Bertz CT molecular complexity index is 416. The number of nitrogens with two attached hydrogens (primary N) is 1. The third kappa shape index (κ3) is 5.30. The Labute approximate surface area is 115 Å². The van der Waals surface area contributed by atoms with Gasteiger partial charge in [-0.25, -0.2) is 0 Å². The van der Waals surface area contributed by atoms with Crippen LogP contribution in [0.25, 0.3) is 0 Å². The monoisotopic (exact) mass is 263 g/mol. The van der Waals surface area contributed by atoms with E-state index in [0.29, 0.717) is 6.04 Å². The maximum Gasteiger partial charge on any atom is 0.170 e. The number of amidine groups is 1. The molecule has 0 radical (unpaired) electrons. The van der Waals surface area contributed by atoms with Crippen molar-refractivity contribution in [2.75, 3.05) is 0 Å². The van der Waals surface area contributed by atoms with Crippen molar-refractivity contribution in [2.24, 2.45) is 16.8 Å². The van der Waals surface area contributed by atoms with Crippen molar-refractivity contribution >= 4 is 5.84 Å². The molecule has 0 aliphatic rings. The van der Waals surface area contributed by atoms with Crippen molar-refractivity contribution in [1.82, 2.24) is 5.32 Å². The quantitative estimate of drug-likeness (QED) is 0.306. The predicted octanol–water partition coefficient (Wildman–Crippen LogP) is 2.70. The lowest BCUT2D eigenvalue weighted by Gasteiger charge is -2.16. The summed E-state index contributed by atoms with van der Waals surface area (Å²) in [6, 6.07) is 8.17. The van der Waals surface area contributed by atoms with Gasteiger partial charge in [0, 0.05) is 18.2 Å². The molecule has 0 saturated carbocycles. The van der Waals surface area contributed by atoms with Gasteiger partial charge in [-0.05, 0) is 31.2 Å². The van der Waals surface area contributed by atoms with Gasteiger partial charge >= 0.3 is 0 Å². The largest absolute Gasteiger partial charge is 0.409 e. The lowest BCUT2D eigenvalue weighted by atomic mass is 10.0. The summed E-state index contributed by atoms with van der Waals surface area (Å²) < 4.78 is 0. The van der Waals surface area contributed by atoms with Crippen LogP contribution in [0.15, 0.2) is 29.4 Å².